The zero-order valence-corrected chi connectivity index (χ0v) is 56.0. The first-order valence-electron chi connectivity index (χ1n) is 35.4. The largest absolute Gasteiger partial charge is 0.456 e. The standard InChI is InChI=1S/C50H30N2O.C47H32N2/c1-2-10-31(11-3-1)34-13-6-14-35(28-34)51(38-25-27-46-42(30-38)39-17-4-5-21-45(39)53-46)36-15-8-16-37(29-36)52-43-20-9-19-41-40-18-7-12-32-22-23-33-24-26-44(52)50(49(41)43)48(33)47(32)40;1-47(2)39-16-7-6-13-35(39)36-26-25-34(28-40(36)47)48(31-11-4-3-5-12-31)32-21-23-33(24-22-32)49-41-17-9-15-38-37-14-8-10-29-18-19-30-20-27-42(49)46(45(38)41)44(30)43(29)37/h1-30H;3-28H,1-2H3. The normalized spacial score (nSPS) is 12.9. The van der Waals surface area contributed by atoms with Gasteiger partial charge in [0.25, 0.3) is 0 Å². The number of anilines is 6. The number of fused-ring (bicyclic) bond motifs is 8. The average Bonchev–Trinajstić information content (AvgIpc) is 1.50. The summed E-state index contributed by atoms with van der Waals surface area (Å²) in [6, 6.07) is 124. The fourth-order valence-corrected chi connectivity index (χ4v) is 18.1. The van der Waals surface area contributed by atoms with Crippen LogP contribution in [0.15, 0.2) is 344 Å². The van der Waals surface area contributed by atoms with Gasteiger partial charge in [0.1, 0.15) is 11.2 Å². The second-order valence-electron chi connectivity index (χ2n) is 28.3. The number of furan rings is 1. The topological polar surface area (TPSA) is 29.5 Å². The molecule has 0 N–H and O–H groups in total. The number of para-hydroxylation sites is 2. The van der Waals surface area contributed by atoms with Gasteiger partial charge in [-0.1, -0.05) is 226 Å². The summed E-state index contributed by atoms with van der Waals surface area (Å²) in [5, 5.41) is 23.5. The molecule has 5 nitrogen and oxygen atoms in total. The van der Waals surface area contributed by atoms with Crippen molar-refractivity contribution in [2.45, 2.75) is 19.3 Å². The van der Waals surface area contributed by atoms with Crippen molar-refractivity contribution >= 4 is 164 Å². The maximum absolute atomic E-state index is 6.27. The fraction of sp³-hybridized carbons (Fsp3) is 0.0309. The van der Waals surface area contributed by atoms with Crippen LogP contribution in [0, 0.1) is 0 Å². The maximum Gasteiger partial charge on any atom is 0.135 e. The summed E-state index contributed by atoms with van der Waals surface area (Å²) < 4.78 is 11.2. The first-order valence-corrected chi connectivity index (χ1v) is 35.4. The molecule has 0 unspecified atom stereocenters. The van der Waals surface area contributed by atoms with E-state index in [4.69, 9.17) is 4.42 Å². The highest BCUT2D eigenvalue weighted by Gasteiger charge is 2.36. The summed E-state index contributed by atoms with van der Waals surface area (Å²) in [6.07, 6.45) is 0. The van der Waals surface area contributed by atoms with Crippen LogP contribution < -0.4 is 9.80 Å². The maximum atomic E-state index is 6.27. The summed E-state index contributed by atoms with van der Waals surface area (Å²) in [4.78, 5) is 4.77. The Morgan fingerprint density at radius 2 is 0.686 bits per heavy atom. The Morgan fingerprint density at radius 1 is 0.245 bits per heavy atom. The van der Waals surface area contributed by atoms with E-state index in [2.05, 4.69) is 360 Å². The lowest BCUT2D eigenvalue weighted by Gasteiger charge is -2.28. The molecule has 23 rings (SSSR count). The predicted octanol–water partition coefficient (Wildman–Crippen LogP) is 27.1. The molecule has 0 spiro atoms. The molecule has 19 aromatic carbocycles. The minimum absolute atomic E-state index is 0.0668. The first kappa shape index (κ1) is 56.8. The van der Waals surface area contributed by atoms with Crippen molar-refractivity contribution in [2.24, 2.45) is 0 Å². The van der Waals surface area contributed by atoms with Gasteiger partial charge in [0, 0.05) is 94.0 Å². The molecule has 476 valence electrons. The van der Waals surface area contributed by atoms with Crippen molar-refractivity contribution in [2.75, 3.05) is 9.80 Å². The van der Waals surface area contributed by atoms with Gasteiger partial charge in [-0.3, -0.25) is 0 Å². The van der Waals surface area contributed by atoms with Crippen LogP contribution in [0.4, 0.5) is 34.1 Å². The van der Waals surface area contributed by atoms with Crippen molar-refractivity contribution in [3.05, 3.63) is 351 Å². The average molecular weight is 1300 g/mol. The monoisotopic (exact) mass is 1300 g/mol. The van der Waals surface area contributed by atoms with Gasteiger partial charge in [-0.05, 0) is 215 Å². The third-order valence-electron chi connectivity index (χ3n) is 22.5. The molecular weight excluding hydrogens is 1240 g/mol. The van der Waals surface area contributed by atoms with Crippen LogP contribution in [-0.4, -0.2) is 9.13 Å². The Hall–Kier alpha value is -13.2. The van der Waals surface area contributed by atoms with Crippen LogP contribution >= 0.6 is 0 Å². The summed E-state index contributed by atoms with van der Waals surface area (Å²) in [6.45, 7) is 4.70. The molecule has 3 heterocycles. The number of rotatable bonds is 9. The van der Waals surface area contributed by atoms with E-state index in [1.54, 1.807) is 0 Å². The van der Waals surface area contributed by atoms with E-state index in [0.29, 0.717) is 0 Å². The minimum atomic E-state index is -0.0668. The second-order valence-corrected chi connectivity index (χ2v) is 28.3. The Bertz CT molecular complexity index is 7100. The molecule has 102 heavy (non-hydrogen) atoms. The van der Waals surface area contributed by atoms with Crippen LogP contribution in [0.5, 0.6) is 0 Å². The molecule has 0 fully saturated rings. The Morgan fingerprint density at radius 3 is 1.37 bits per heavy atom. The quantitative estimate of drug-likeness (QED) is 0.107. The molecule has 1 aliphatic rings. The Labute approximate surface area is 587 Å². The minimum Gasteiger partial charge on any atom is -0.456 e. The first-order chi connectivity index (χ1) is 50.4. The highest BCUT2D eigenvalue weighted by Crippen LogP contribution is 2.53. The summed E-state index contributed by atoms with van der Waals surface area (Å²) in [7, 11) is 0. The van der Waals surface area contributed by atoms with Gasteiger partial charge in [0.2, 0.25) is 0 Å². The highest BCUT2D eigenvalue weighted by atomic mass is 16.3. The Kier molecular flexibility index (Phi) is 11.9. The third kappa shape index (κ3) is 8.10. The van der Waals surface area contributed by atoms with Crippen molar-refractivity contribution in [3.63, 3.8) is 0 Å². The molecule has 0 saturated carbocycles. The van der Waals surface area contributed by atoms with Gasteiger partial charge in [0.15, 0.2) is 0 Å². The van der Waals surface area contributed by atoms with Crippen LogP contribution in [0.2, 0.25) is 0 Å². The van der Waals surface area contributed by atoms with E-state index < -0.39 is 0 Å². The lowest BCUT2D eigenvalue weighted by Crippen LogP contribution is -2.16. The van der Waals surface area contributed by atoms with E-state index in [-0.39, 0.29) is 5.41 Å². The zero-order chi connectivity index (χ0) is 67.1. The summed E-state index contributed by atoms with van der Waals surface area (Å²) >= 11 is 0. The van der Waals surface area contributed by atoms with E-state index >= 15 is 0 Å². The van der Waals surface area contributed by atoms with Crippen LogP contribution in [0.25, 0.3) is 164 Å². The second kappa shape index (κ2) is 21.4. The molecule has 5 heteroatoms. The predicted molar refractivity (Wildman–Crippen MR) is 431 cm³/mol. The highest BCUT2D eigenvalue weighted by molar-refractivity contribution is 6.41. The molecular formula is C97H62N4O. The lowest BCUT2D eigenvalue weighted by atomic mass is 9.82. The van der Waals surface area contributed by atoms with Gasteiger partial charge in [0.05, 0.1) is 22.1 Å². The van der Waals surface area contributed by atoms with Crippen molar-refractivity contribution in [3.8, 4) is 33.6 Å². The van der Waals surface area contributed by atoms with E-state index in [1.807, 2.05) is 12.1 Å². The molecule has 0 saturated heterocycles. The van der Waals surface area contributed by atoms with Gasteiger partial charge < -0.3 is 23.4 Å². The van der Waals surface area contributed by atoms with Crippen LogP contribution in [0.3, 0.4) is 0 Å². The number of aromatic nitrogens is 2. The zero-order valence-electron chi connectivity index (χ0n) is 56.0. The molecule has 0 bridgehead atoms. The van der Waals surface area contributed by atoms with Gasteiger partial charge >= 0.3 is 0 Å². The van der Waals surface area contributed by atoms with E-state index in [9.17, 15) is 0 Å². The molecule has 0 radical (unpaired) electrons. The van der Waals surface area contributed by atoms with Crippen molar-refractivity contribution in [1.29, 1.82) is 0 Å². The number of hydrogen-bond donors (Lipinski definition) is 0. The van der Waals surface area contributed by atoms with Crippen LogP contribution in [0.1, 0.15) is 25.0 Å². The SMILES string of the molecule is CC1(C)c2ccccc2-c2ccc(N(c3ccccc3)c3ccc(-n4c5cccc6c7cccc8ccc9ccc4c(c9c87)c65)cc3)cc21.c1ccc(-c2cccc(N(c3cccc(-n4c5cccc6c7cccc8ccc9ccc4c(c9c87)c65)c3)c3ccc4oc5ccccc5c4c3)c2)cc1. The fourth-order valence-electron chi connectivity index (χ4n) is 18.1. The number of hydrogen-bond acceptors (Lipinski definition) is 3. The van der Waals surface area contributed by atoms with Gasteiger partial charge in [-0.25, -0.2) is 0 Å². The van der Waals surface area contributed by atoms with Crippen molar-refractivity contribution in [1.82, 2.24) is 9.13 Å². The smallest absolute Gasteiger partial charge is 0.135 e. The molecule has 0 amide bonds. The van der Waals surface area contributed by atoms with Gasteiger partial charge in [-0.15, -0.1) is 0 Å². The lowest BCUT2D eigenvalue weighted by molar-refractivity contribution is 0.660. The van der Waals surface area contributed by atoms with E-state index in [1.165, 1.54) is 147 Å². The third-order valence-corrected chi connectivity index (χ3v) is 22.5. The number of nitrogens with zero attached hydrogens (tertiary/aromatic N) is 4. The molecule has 3 aromatic heterocycles. The molecule has 22 aromatic rings. The van der Waals surface area contributed by atoms with Crippen molar-refractivity contribution < 1.29 is 4.42 Å². The van der Waals surface area contributed by atoms with Gasteiger partial charge in [-0.2, -0.15) is 0 Å². The number of benzene rings is 19. The van der Waals surface area contributed by atoms with Crippen LogP contribution in [-0.2, 0) is 5.41 Å². The Balaban J connectivity index is 0.000000129. The molecule has 1 aliphatic carbocycles. The molecule has 0 aliphatic heterocycles. The van der Waals surface area contributed by atoms with E-state index in [0.717, 1.165) is 61.8 Å². The summed E-state index contributed by atoms with van der Waals surface area (Å²) in [5.41, 5.74) is 23.4. The summed E-state index contributed by atoms with van der Waals surface area (Å²) in [5.74, 6) is 0. The molecule has 0 atom stereocenters.